The summed E-state index contributed by atoms with van der Waals surface area (Å²) in [5.74, 6) is -1.13. The highest BCUT2D eigenvalue weighted by Crippen LogP contribution is 2.27. The number of hydrogen-bond donors (Lipinski definition) is 2. The molecule has 1 atom stereocenters. The normalized spacial score (nSPS) is 12.6. The zero-order valence-corrected chi connectivity index (χ0v) is 16.3. The summed E-state index contributed by atoms with van der Waals surface area (Å²) in [5, 5.41) is 14.2. The molecule has 1 amide bonds. The molecule has 2 aromatic rings. The molecule has 0 aliphatic heterocycles. The number of rotatable bonds is 6. The number of thiazole rings is 1. The van der Waals surface area contributed by atoms with E-state index in [-0.39, 0.29) is 11.3 Å². The van der Waals surface area contributed by atoms with Crippen LogP contribution in [0.15, 0.2) is 34.5 Å². The van der Waals surface area contributed by atoms with Crippen molar-refractivity contribution in [3.8, 4) is 0 Å². The van der Waals surface area contributed by atoms with E-state index in [9.17, 15) is 9.59 Å². The lowest BCUT2D eigenvalue weighted by Gasteiger charge is -2.14. The van der Waals surface area contributed by atoms with E-state index in [4.69, 9.17) is 5.11 Å². The summed E-state index contributed by atoms with van der Waals surface area (Å²) >= 11 is 2.69. The van der Waals surface area contributed by atoms with Gasteiger partial charge >= 0.3 is 5.97 Å². The number of carbonyl (C=O) groups excluding carboxylic acids is 1. The van der Waals surface area contributed by atoms with Crippen LogP contribution in [0.4, 0.5) is 0 Å². The Morgan fingerprint density at radius 1 is 1.32 bits per heavy atom. The first-order chi connectivity index (χ1) is 11.7. The Hall–Kier alpha value is -1.86. The van der Waals surface area contributed by atoms with Gasteiger partial charge in [-0.2, -0.15) is 0 Å². The number of hydrogen-bond acceptors (Lipinski definition) is 5. The second kappa shape index (κ2) is 8.01. The van der Waals surface area contributed by atoms with Gasteiger partial charge in [0.25, 0.3) is 5.91 Å². The van der Waals surface area contributed by atoms with Gasteiger partial charge in [-0.3, -0.25) is 9.59 Å². The molecule has 0 spiro atoms. The van der Waals surface area contributed by atoms with Crippen molar-refractivity contribution < 1.29 is 14.7 Å². The van der Waals surface area contributed by atoms with Crippen LogP contribution in [0.1, 0.15) is 48.8 Å². The molecule has 0 saturated heterocycles. The van der Waals surface area contributed by atoms with Crippen LogP contribution in [0, 0.1) is 0 Å². The number of nitrogens with one attached hydrogen (secondary N) is 1. The van der Waals surface area contributed by atoms with Crippen molar-refractivity contribution in [3.05, 3.63) is 45.9 Å². The van der Waals surface area contributed by atoms with Gasteiger partial charge in [0, 0.05) is 15.7 Å². The average Bonchev–Trinajstić information content (AvgIpc) is 3.02. The third-order valence-electron chi connectivity index (χ3n) is 3.50. The van der Waals surface area contributed by atoms with Crippen LogP contribution >= 0.6 is 23.1 Å². The predicted octanol–water partition coefficient (Wildman–Crippen LogP) is 3.94. The molecule has 0 radical (unpaired) electrons. The van der Waals surface area contributed by atoms with Crippen LogP contribution in [-0.4, -0.2) is 27.2 Å². The van der Waals surface area contributed by atoms with Gasteiger partial charge in [0.05, 0.1) is 17.8 Å². The Labute approximate surface area is 155 Å². The molecule has 1 unspecified atom stereocenters. The second-order valence-electron chi connectivity index (χ2n) is 6.65. The molecule has 0 bridgehead atoms. The van der Waals surface area contributed by atoms with Crippen molar-refractivity contribution >= 4 is 35.0 Å². The van der Waals surface area contributed by atoms with Gasteiger partial charge in [-0.05, 0) is 19.1 Å². The average molecular weight is 379 g/mol. The quantitative estimate of drug-likeness (QED) is 0.745. The van der Waals surface area contributed by atoms with Crippen molar-refractivity contribution in [2.24, 2.45) is 0 Å². The summed E-state index contributed by atoms with van der Waals surface area (Å²) in [6.45, 7) is 8.25. The standard InChI is InChI=1S/C18H22N2O3S2/c1-11(17(22)23)25-13-8-6-5-7-12(13)16(21)19-9-15-20-14(10-24-15)18(2,3)4/h5-8,10-11H,9H2,1-4H3,(H,19,21)(H,22,23). The number of thioether (sulfide) groups is 1. The lowest BCUT2D eigenvalue weighted by Crippen LogP contribution is -2.24. The van der Waals surface area contributed by atoms with E-state index >= 15 is 0 Å². The van der Waals surface area contributed by atoms with E-state index in [1.54, 1.807) is 31.2 Å². The van der Waals surface area contributed by atoms with Crippen molar-refractivity contribution in [3.63, 3.8) is 0 Å². The number of carboxylic acids is 1. The molecule has 2 rings (SSSR count). The van der Waals surface area contributed by atoms with Crippen LogP contribution in [0.3, 0.4) is 0 Å². The fourth-order valence-electron chi connectivity index (χ4n) is 1.99. The Morgan fingerprint density at radius 3 is 2.60 bits per heavy atom. The summed E-state index contributed by atoms with van der Waals surface area (Å²) in [7, 11) is 0. The number of benzene rings is 1. The number of carbonyl (C=O) groups is 2. The smallest absolute Gasteiger partial charge is 0.316 e. The Kier molecular flexibility index (Phi) is 6.24. The highest BCUT2D eigenvalue weighted by atomic mass is 32.2. The molecule has 134 valence electrons. The number of aliphatic carboxylic acids is 1. The molecular weight excluding hydrogens is 356 g/mol. The van der Waals surface area contributed by atoms with E-state index in [1.807, 2.05) is 5.38 Å². The minimum absolute atomic E-state index is 0.0189. The van der Waals surface area contributed by atoms with E-state index in [0.717, 1.165) is 22.5 Å². The van der Waals surface area contributed by atoms with Gasteiger partial charge in [0.15, 0.2) is 0 Å². The van der Waals surface area contributed by atoms with Gasteiger partial charge in [0.1, 0.15) is 10.3 Å². The van der Waals surface area contributed by atoms with Crippen molar-refractivity contribution in [2.75, 3.05) is 0 Å². The number of amides is 1. The Balaban J connectivity index is 2.06. The molecular formula is C18H22N2O3S2. The Morgan fingerprint density at radius 2 is 2.00 bits per heavy atom. The summed E-state index contributed by atoms with van der Waals surface area (Å²) in [6.07, 6.45) is 0. The van der Waals surface area contributed by atoms with E-state index in [1.165, 1.54) is 11.3 Å². The molecule has 7 heteroatoms. The summed E-state index contributed by atoms with van der Waals surface area (Å²) in [5.41, 5.74) is 1.47. The third kappa shape index (κ3) is 5.31. The number of nitrogens with zero attached hydrogens (tertiary/aromatic N) is 1. The van der Waals surface area contributed by atoms with Crippen LogP contribution in [0.2, 0.25) is 0 Å². The molecule has 1 heterocycles. The SMILES string of the molecule is CC(Sc1ccccc1C(=O)NCc1nc(C(C)(C)C)cs1)C(=O)O. The van der Waals surface area contributed by atoms with E-state index in [0.29, 0.717) is 17.0 Å². The monoisotopic (exact) mass is 378 g/mol. The van der Waals surface area contributed by atoms with E-state index < -0.39 is 11.2 Å². The molecule has 0 aliphatic carbocycles. The van der Waals surface area contributed by atoms with Gasteiger partial charge < -0.3 is 10.4 Å². The molecule has 0 fully saturated rings. The maximum Gasteiger partial charge on any atom is 0.316 e. The maximum atomic E-state index is 12.5. The van der Waals surface area contributed by atoms with Gasteiger partial charge in [0.2, 0.25) is 0 Å². The zero-order valence-electron chi connectivity index (χ0n) is 14.7. The summed E-state index contributed by atoms with van der Waals surface area (Å²) in [4.78, 5) is 28.8. The molecule has 0 aliphatic rings. The van der Waals surface area contributed by atoms with Gasteiger partial charge in [-0.15, -0.1) is 23.1 Å². The maximum absolute atomic E-state index is 12.5. The minimum Gasteiger partial charge on any atom is -0.480 e. The summed E-state index contributed by atoms with van der Waals surface area (Å²) < 4.78 is 0. The van der Waals surface area contributed by atoms with Crippen molar-refractivity contribution in [2.45, 2.75) is 49.8 Å². The molecule has 1 aromatic carbocycles. The van der Waals surface area contributed by atoms with Gasteiger partial charge in [-0.25, -0.2) is 4.98 Å². The first-order valence-electron chi connectivity index (χ1n) is 7.90. The lowest BCUT2D eigenvalue weighted by atomic mass is 9.93. The third-order valence-corrected chi connectivity index (χ3v) is 5.52. The fourth-order valence-corrected chi connectivity index (χ4v) is 3.87. The molecule has 25 heavy (non-hydrogen) atoms. The van der Waals surface area contributed by atoms with Crippen molar-refractivity contribution in [1.29, 1.82) is 0 Å². The molecule has 0 saturated carbocycles. The van der Waals surface area contributed by atoms with Crippen molar-refractivity contribution in [1.82, 2.24) is 10.3 Å². The number of carboxylic acid groups (broad SMARTS) is 1. The van der Waals surface area contributed by atoms with Crippen LogP contribution < -0.4 is 5.32 Å². The lowest BCUT2D eigenvalue weighted by molar-refractivity contribution is -0.136. The van der Waals surface area contributed by atoms with Gasteiger partial charge in [-0.1, -0.05) is 32.9 Å². The highest BCUT2D eigenvalue weighted by molar-refractivity contribution is 8.00. The van der Waals surface area contributed by atoms with Crippen LogP contribution in [0.5, 0.6) is 0 Å². The molecule has 5 nitrogen and oxygen atoms in total. The van der Waals surface area contributed by atoms with Crippen LogP contribution in [0.25, 0.3) is 0 Å². The first-order valence-corrected chi connectivity index (χ1v) is 9.66. The first kappa shape index (κ1) is 19.5. The molecule has 1 aromatic heterocycles. The molecule has 2 N–H and O–H groups in total. The highest BCUT2D eigenvalue weighted by Gasteiger charge is 2.19. The predicted molar refractivity (Wildman–Crippen MR) is 101 cm³/mol. The largest absolute Gasteiger partial charge is 0.480 e. The number of aromatic nitrogens is 1. The zero-order chi connectivity index (χ0) is 18.6. The Bertz CT molecular complexity index is 766. The second-order valence-corrected chi connectivity index (χ2v) is 8.98. The topological polar surface area (TPSA) is 79.3 Å². The summed E-state index contributed by atoms with van der Waals surface area (Å²) in [6, 6.07) is 7.03. The minimum atomic E-state index is -0.905. The van der Waals surface area contributed by atoms with Crippen LogP contribution in [-0.2, 0) is 16.8 Å². The van der Waals surface area contributed by atoms with E-state index in [2.05, 4.69) is 31.1 Å². The fraction of sp³-hybridized carbons (Fsp3) is 0.389.